The van der Waals surface area contributed by atoms with Crippen LogP contribution in [0.3, 0.4) is 0 Å². The summed E-state index contributed by atoms with van der Waals surface area (Å²) in [5.41, 5.74) is 1.28. The fourth-order valence-electron chi connectivity index (χ4n) is 3.34. The Morgan fingerprint density at radius 3 is 2.67 bits per heavy atom. The summed E-state index contributed by atoms with van der Waals surface area (Å²) in [6.45, 7) is -0.110. The Balaban J connectivity index is 1.81. The minimum atomic E-state index is -4.28. The maximum Gasteiger partial charge on any atom is 0.348 e. The predicted octanol–water partition coefficient (Wildman–Crippen LogP) is 2.33. The van der Waals surface area contributed by atoms with Crippen LogP contribution in [0.2, 0.25) is 0 Å². The van der Waals surface area contributed by atoms with Gasteiger partial charge in [0, 0.05) is 28.5 Å². The molecule has 0 amide bonds. The molecule has 1 N–H and O–H groups in total. The molecule has 0 radical (unpaired) electrons. The molecule has 11 nitrogen and oxygen atoms in total. The van der Waals surface area contributed by atoms with Gasteiger partial charge in [0.15, 0.2) is 0 Å². The SMILES string of the molecule is COc1ccc(CN(c2ncns2)S(=O)(=O)n2ncc3c(CC(=O)O)cccc32)c(OC)c1. The van der Waals surface area contributed by atoms with Crippen molar-refractivity contribution in [3.8, 4) is 11.5 Å². The van der Waals surface area contributed by atoms with E-state index in [4.69, 9.17) is 14.6 Å². The minimum Gasteiger partial charge on any atom is -0.497 e. The van der Waals surface area contributed by atoms with Gasteiger partial charge in [-0.15, -0.1) is 4.09 Å². The summed E-state index contributed by atoms with van der Waals surface area (Å²) in [5, 5.41) is 13.8. The van der Waals surface area contributed by atoms with Crippen molar-refractivity contribution in [1.82, 2.24) is 18.5 Å². The van der Waals surface area contributed by atoms with Crippen LogP contribution in [0, 0.1) is 0 Å². The van der Waals surface area contributed by atoms with Crippen molar-refractivity contribution in [1.29, 1.82) is 0 Å². The number of nitrogens with zero attached hydrogens (tertiary/aromatic N) is 5. The lowest BCUT2D eigenvalue weighted by molar-refractivity contribution is -0.136. The lowest BCUT2D eigenvalue weighted by Gasteiger charge is -2.22. The first kappa shape index (κ1) is 22.5. The summed E-state index contributed by atoms with van der Waals surface area (Å²) in [6, 6.07) is 9.84. The topological polar surface area (TPSA) is 137 Å². The summed E-state index contributed by atoms with van der Waals surface area (Å²) in [5.74, 6) is -0.0294. The number of benzene rings is 2. The van der Waals surface area contributed by atoms with Crippen molar-refractivity contribution in [2.45, 2.75) is 13.0 Å². The van der Waals surface area contributed by atoms with Gasteiger partial charge in [-0.25, -0.2) is 9.29 Å². The van der Waals surface area contributed by atoms with Crippen LogP contribution in [0.5, 0.6) is 11.5 Å². The summed E-state index contributed by atoms with van der Waals surface area (Å²) in [4.78, 5) is 15.3. The van der Waals surface area contributed by atoms with Crippen LogP contribution < -0.4 is 13.8 Å². The van der Waals surface area contributed by atoms with Crippen LogP contribution in [-0.4, -0.2) is 52.3 Å². The standard InChI is InChI=1S/C20H19N5O6S2/c1-30-15-7-6-14(18(9-15)31-2)11-24(20-21-12-23-32-20)33(28,29)25-17-5-3-4-13(8-19(26)27)16(17)10-22-25/h3-7,9-10,12H,8,11H2,1-2H3,(H,26,27). The Kier molecular flexibility index (Phi) is 6.16. The highest BCUT2D eigenvalue weighted by molar-refractivity contribution is 7.91. The highest BCUT2D eigenvalue weighted by Crippen LogP contribution is 2.31. The smallest absolute Gasteiger partial charge is 0.348 e. The number of methoxy groups -OCH3 is 2. The Bertz CT molecular complexity index is 1400. The first-order valence-corrected chi connectivity index (χ1v) is 11.7. The van der Waals surface area contributed by atoms with Crippen molar-refractivity contribution in [2.24, 2.45) is 0 Å². The van der Waals surface area contributed by atoms with E-state index in [1.807, 2.05) is 0 Å². The number of aliphatic carboxylic acids is 1. The number of fused-ring (bicyclic) bond motifs is 1. The van der Waals surface area contributed by atoms with Crippen LogP contribution in [0.4, 0.5) is 5.13 Å². The van der Waals surface area contributed by atoms with Crippen molar-refractivity contribution in [3.63, 3.8) is 0 Å². The number of anilines is 1. The predicted molar refractivity (Wildman–Crippen MR) is 121 cm³/mol. The molecule has 4 aromatic rings. The number of rotatable bonds is 9. The molecule has 0 saturated heterocycles. The lowest BCUT2D eigenvalue weighted by atomic mass is 10.1. The summed E-state index contributed by atoms with van der Waals surface area (Å²) < 4.78 is 44.0. The van der Waals surface area contributed by atoms with E-state index in [-0.39, 0.29) is 23.6 Å². The van der Waals surface area contributed by atoms with Gasteiger partial charge in [-0.2, -0.15) is 17.9 Å². The molecule has 0 atom stereocenters. The largest absolute Gasteiger partial charge is 0.497 e. The second-order valence-corrected chi connectivity index (χ2v) is 9.26. The van der Waals surface area contributed by atoms with E-state index < -0.39 is 16.2 Å². The Hall–Kier alpha value is -3.71. The zero-order valence-electron chi connectivity index (χ0n) is 17.6. The molecule has 0 saturated carbocycles. The fourth-order valence-corrected chi connectivity index (χ4v) is 5.47. The van der Waals surface area contributed by atoms with Gasteiger partial charge >= 0.3 is 16.2 Å². The fraction of sp³-hybridized carbons (Fsp3) is 0.200. The zero-order valence-corrected chi connectivity index (χ0v) is 19.2. The van der Waals surface area contributed by atoms with Crippen molar-refractivity contribution in [3.05, 3.63) is 60.0 Å². The molecule has 13 heteroatoms. The van der Waals surface area contributed by atoms with Crippen molar-refractivity contribution >= 4 is 43.7 Å². The molecule has 0 unspecified atom stereocenters. The lowest BCUT2D eigenvalue weighted by Crippen LogP contribution is -2.36. The maximum absolute atomic E-state index is 13.7. The second kappa shape index (κ2) is 9.03. The normalized spacial score (nSPS) is 11.5. The quantitative estimate of drug-likeness (QED) is 0.375. The summed E-state index contributed by atoms with van der Waals surface area (Å²) >= 11 is 0.914. The molecule has 2 aromatic carbocycles. The van der Waals surface area contributed by atoms with Crippen LogP contribution in [0.25, 0.3) is 10.9 Å². The highest BCUT2D eigenvalue weighted by Gasteiger charge is 2.30. The Labute approximate surface area is 193 Å². The van der Waals surface area contributed by atoms with Gasteiger partial charge in [0.1, 0.15) is 17.8 Å². The molecule has 0 aliphatic carbocycles. The summed E-state index contributed by atoms with van der Waals surface area (Å²) in [7, 11) is -1.28. The number of ether oxygens (including phenoxy) is 2. The van der Waals surface area contributed by atoms with E-state index in [1.54, 1.807) is 36.4 Å². The molecule has 2 heterocycles. The van der Waals surface area contributed by atoms with Crippen molar-refractivity contribution in [2.75, 3.05) is 18.5 Å². The molecule has 0 aliphatic heterocycles. The van der Waals surface area contributed by atoms with Crippen LogP contribution >= 0.6 is 11.5 Å². The monoisotopic (exact) mass is 489 g/mol. The molecule has 0 spiro atoms. The van der Waals surface area contributed by atoms with Gasteiger partial charge in [0.2, 0.25) is 5.13 Å². The van der Waals surface area contributed by atoms with E-state index in [1.165, 1.54) is 26.7 Å². The van der Waals surface area contributed by atoms with E-state index >= 15 is 0 Å². The molecule has 33 heavy (non-hydrogen) atoms. The van der Waals surface area contributed by atoms with Crippen LogP contribution in [-0.2, 0) is 28.0 Å². The molecular formula is C20H19N5O6S2. The average molecular weight is 490 g/mol. The first-order chi connectivity index (χ1) is 15.8. The van der Waals surface area contributed by atoms with E-state index in [9.17, 15) is 13.2 Å². The maximum atomic E-state index is 13.7. The Morgan fingerprint density at radius 1 is 1.18 bits per heavy atom. The zero-order chi connectivity index (χ0) is 23.6. The molecule has 172 valence electrons. The van der Waals surface area contributed by atoms with E-state index in [0.29, 0.717) is 28.0 Å². The number of hydrogen-bond acceptors (Lipinski definition) is 9. The van der Waals surface area contributed by atoms with Gasteiger partial charge in [0.25, 0.3) is 0 Å². The minimum absolute atomic E-state index is 0.110. The van der Waals surface area contributed by atoms with Gasteiger partial charge in [0.05, 0.1) is 38.9 Å². The van der Waals surface area contributed by atoms with E-state index in [2.05, 4.69) is 14.5 Å². The van der Waals surface area contributed by atoms with Crippen LogP contribution in [0.1, 0.15) is 11.1 Å². The molecule has 2 aromatic heterocycles. The molecular weight excluding hydrogens is 470 g/mol. The third kappa shape index (κ3) is 4.32. The van der Waals surface area contributed by atoms with Crippen molar-refractivity contribution < 1.29 is 27.8 Å². The number of carboxylic acids is 1. The molecule has 0 aliphatic rings. The number of hydrogen-bond donors (Lipinski definition) is 1. The van der Waals surface area contributed by atoms with Gasteiger partial charge in [-0.05, 0) is 23.8 Å². The summed E-state index contributed by atoms with van der Waals surface area (Å²) in [6.07, 6.45) is 2.35. The Morgan fingerprint density at radius 2 is 2.00 bits per heavy atom. The number of carboxylic acid groups (broad SMARTS) is 1. The van der Waals surface area contributed by atoms with Gasteiger partial charge < -0.3 is 14.6 Å². The van der Waals surface area contributed by atoms with E-state index in [0.717, 1.165) is 19.9 Å². The first-order valence-electron chi connectivity index (χ1n) is 9.53. The molecule has 4 rings (SSSR count). The second-order valence-electron chi connectivity index (χ2n) is 6.82. The highest BCUT2D eigenvalue weighted by atomic mass is 32.2. The van der Waals surface area contributed by atoms with Crippen LogP contribution in [0.15, 0.2) is 48.9 Å². The molecule has 0 fully saturated rings. The average Bonchev–Trinajstić information content (AvgIpc) is 3.47. The number of aromatic nitrogens is 4. The third-order valence-corrected chi connectivity index (χ3v) is 7.27. The van der Waals surface area contributed by atoms with Gasteiger partial charge in [-0.3, -0.25) is 4.79 Å². The van der Waals surface area contributed by atoms with Gasteiger partial charge in [-0.1, -0.05) is 12.1 Å². The molecule has 0 bridgehead atoms. The third-order valence-electron chi connectivity index (χ3n) is 4.88. The number of carbonyl (C=O) groups is 1.